The zero-order valence-electron chi connectivity index (χ0n) is 26.0. The lowest BCUT2D eigenvalue weighted by atomic mass is 9.96. The Morgan fingerprint density at radius 3 is 2.33 bits per heavy atom. The fourth-order valence-electron chi connectivity index (χ4n) is 4.65. The summed E-state index contributed by atoms with van der Waals surface area (Å²) in [7, 11) is -3.65. The van der Waals surface area contributed by atoms with Crippen molar-refractivity contribution in [2.75, 3.05) is 11.0 Å². The Balaban J connectivity index is 1.98. The van der Waals surface area contributed by atoms with Gasteiger partial charge in [-0.05, 0) is 95.8 Å². The van der Waals surface area contributed by atoms with Crippen LogP contribution in [0.2, 0.25) is 0 Å². The molecule has 13 heteroatoms. The van der Waals surface area contributed by atoms with Crippen LogP contribution in [0, 0.1) is 30.4 Å². The summed E-state index contributed by atoms with van der Waals surface area (Å²) < 4.78 is 62.3. The second-order valence-electron chi connectivity index (χ2n) is 12.1. The number of rotatable bonds is 7. The Morgan fingerprint density at radius 2 is 1.73 bits per heavy atom. The molecule has 0 aliphatic heterocycles. The van der Waals surface area contributed by atoms with E-state index in [4.69, 9.17) is 9.72 Å². The highest BCUT2D eigenvalue weighted by Crippen LogP contribution is 2.33. The van der Waals surface area contributed by atoms with Gasteiger partial charge in [0.1, 0.15) is 34.4 Å². The number of aromatic nitrogens is 3. The molecule has 0 aliphatic carbocycles. The number of anilines is 1. The molecule has 3 aromatic heterocycles. The minimum atomic E-state index is -3.65. The van der Waals surface area contributed by atoms with E-state index in [0.29, 0.717) is 22.6 Å². The van der Waals surface area contributed by atoms with Gasteiger partial charge in [0.25, 0.3) is 0 Å². The molecule has 238 valence electrons. The van der Waals surface area contributed by atoms with Crippen LogP contribution >= 0.6 is 0 Å². The number of halogens is 2. The third-order valence-electron chi connectivity index (χ3n) is 6.19. The Kier molecular flexibility index (Phi) is 9.23. The maximum absolute atomic E-state index is 14.3. The van der Waals surface area contributed by atoms with Crippen molar-refractivity contribution < 1.29 is 31.8 Å². The molecule has 1 unspecified atom stereocenters. The summed E-state index contributed by atoms with van der Waals surface area (Å²) in [6.45, 7) is 9.84. The lowest BCUT2D eigenvalue weighted by molar-refractivity contribution is 0.0502. The number of aliphatic hydroxyl groups is 1. The predicted molar refractivity (Wildman–Crippen MR) is 167 cm³/mol. The number of hydrogen-bond donors (Lipinski definition) is 3. The minimum Gasteiger partial charge on any atom is -0.444 e. The van der Waals surface area contributed by atoms with Crippen molar-refractivity contribution in [3.8, 4) is 23.1 Å². The van der Waals surface area contributed by atoms with Gasteiger partial charge in [0, 0.05) is 11.6 Å². The number of pyridine rings is 2. The average molecular weight is 640 g/mol. The first-order chi connectivity index (χ1) is 20.8. The van der Waals surface area contributed by atoms with E-state index in [2.05, 4.69) is 26.9 Å². The summed E-state index contributed by atoms with van der Waals surface area (Å²) in [5.74, 6) is 4.55. The topological polar surface area (TPSA) is 135 Å². The van der Waals surface area contributed by atoms with Gasteiger partial charge in [-0.15, -0.1) is 0 Å². The molecule has 0 fully saturated rings. The van der Waals surface area contributed by atoms with E-state index in [1.807, 2.05) is 0 Å². The molecule has 4 rings (SSSR count). The molecule has 0 radical (unpaired) electrons. The molecule has 1 atom stereocenters. The van der Waals surface area contributed by atoms with Gasteiger partial charge in [-0.3, -0.25) is 9.12 Å². The molecular weight excluding hydrogens is 604 g/mol. The highest BCUT2D eigenvalue weighted by molar-refractivity contribution is 7.92. The smallest absolute Gasteiger partial charge is 0.408 e. The van der Waals surface area contributed by atoms with Gasteiger partial charge < -0.3 is 15.2 Å². The van der Waals surface area contributed by atoms with Crippen LogP contribution in [0.1, 0.15) is 63.4 Å². The maximum Gasteiger partial charge on any atom is 0.408 e. The first-order valence-corrected chi connectivity index (χ1v) is 15.8. The number of benzene rings is 1. The minimum absolute atomic E-state index is 0.0872. The van der Waals surface area contributed by atoms with Crippen molar-refractivity contribution in [1.29, 1.82) is 0 Å². The summed E-state index contributed by atoms with van der Waals surface area (Å²) in [6, 6.07) is 10.6. The summed E-state index contributed by atoms with van der Waals surface area (Å²) in [6.07, 6.45) is 0.146. The summed E-state index contributed by atoms with van der Waals surface area (Å²) in [4.78, 5) is 22.3. The zero-order valence-corrected chi connectivity index (χ0v) is 26.8. The van der Waals surface area contributed by atoms with E-state index >= 15 is 0 Å². The number of imidazole rings is 1. The quantitative estimate of drug-likeness (QED) is 0.234. The van der Waals surface area contributed by atoms with Gasteiger partial charge in [-0.2, -0.15) is 0 Å². The average Bonchev–Trinajstić information content (AvgIpc) is 3.18. The number of fused-ring (bicyclic) bond motifs is 1. The molecule has 45 heavy (non-hydrogen) atoms. The van der Waals surface area contributed by atoms with E-state index in [1.54, 1.807) is 62.4 Å². The summed E-state index contributed by atoms with van der Waals surface area (Å²) in [5.41, 5.74) is 0.0673. The van der Waals surface area contributed by atoms with Gasteiger partial charge >= 0.3 is 6.09 Å². The number of nitrogens with zero attached hydrogens (tertiary/aromatic N) is 3. The molecule has 4 aromatic rings. The van der Waals surface area contributed by atoms with Crippen molar-refractivity contribution in [1.82, 2.24) is 19.7 Å². The van der Waals surface area contributed by atoms with Crippen molar-refractivity contribution in [3.05, 3.63) is 82.9 Å². The molecule has 0 saturated heterocycles. The van der Waals surface area contributed by atoms with Crippen LogP contribution in [0.4, 0.5) is 19.4 Å². The van der Waals surface area contributed by atoms with Crippen LogP contribution in [0.5, 0.6) is 0 Å². The van der Waals surface area contributed by atoms with E-state index < -0.39 is 45.0 Å². The monoisotopic (exact) mass is 639 g/mol. The molecule has 3 heterocycles. The van der Waals surface area contributed by atoms with Gasteiger partial charge in [-0.1, -0.05) is 12.0 Å². The van der Waals surface area contributed by atoms with Gasteiger partial charge in [0.15, 0.2) is 5.82 Å². The van der Waals surface area contributed by atoms with Crippen LogP contribution in [0.15, 0.2) is 48.5 Å². The Hall–Kier alpha value is -4.54. The van der Waals surface area contributed by atoms with Crippen molar-refractivity contribution in [3.63, 3.8) is 0 Å². The number of alkyl carbamates (subject to hydrolysis) is 1. The number of hydrogen-bond acceptors (Lipinski definition) is 7. The van der Waals surface area contributed by atoms with Crippen molar-refractivity contribution >= 4 is 27.5 Å². The summed E-state index contributed by atoms with van der Waals surface area (Å²) >= 11 is 0. The number of aryl methyl sites for hydroxylation is 1. The lowest BCUT2D eigenvalue weighted by Gasteiger charge is -2.25. The van der Waals surface area contributed by atoms with E-state index in [0.717, 1.165) is 24.5 Å². The number of carbonyl (C=O) groups excluding carboxylic acids is 1. The molecule has 0 bridgehead atoms. The SMILES string of the molecule is Cc1nc(NS(C)(=O)=O)c2cccc(-c3ccc(C#CC(C)(C)O)nc3C(Cc3cc(F)cc(F)c3)NC(=O)OC(C)(C)C)n12. The predicted octanol–water partition coefficient (Wildman–Crippen LogP) is 5.29. The molecule has 1 amide bonds. The van der Waals surface area contributed by atoms with E-state index in [-0.39, 0.29) is 29.2 Å². The second kappa shape index (κ2) is 12.5. The third-order valence-corrected chi connectivity index (χ3v) is 6.76. The van der Waals surface area contributed by atoms with E-state index in [1.165, 1.54) is 13.8 Å². The lowest BCUT2D eigenvalue weighted by Crippen LogP contribution is -2.36. The van der Waals surface area contributed by atoms with Crippen LogP contribution in [0.3, 0.4) is 0 Å². The van der Waals surface area contributed by atoms with Crippen LogP contribution in [0.25, 0.3) is 16.8 Å². The standard InChI is InChI=1S/C32H35F2N5O5S/c1-19-35-29(38-45(7,42)43)27-10-8-9-26(39(19)27)24-12-11-23(13-14-32(5,6)41)36-28(24)25(37-30(40)44-31(2,3)4)17-20-15-21(33)18-22(34)16-20/h8-12,15-16,18,25,38,41H,17H2,1-7H3,(H,37,40). The number of carbonyl (C=O) groups is 1. The van der Waals surface area contributed by atoms with Gasteiger partial charge in [0.05, 0.1) is 29.2 Å². The molecule has 10 nitrogen and oxygen atoms in total. The highest BCUT2D eigenvalue weighted by Gasteiger charge is 2.27. The van der Waals surface area contributed by atoms with E-state index in [9.17, 15) is 27.1 Å². The van der Waals surface area contributed by atoms with Crippen molar-refractivity contribution in [2.45, 2.75) is 65.2 Å². The normalized spacial score (nSPS) is 12.8. The van der Waals surface area contributed by atoms with Crippen LogP contribution < -0.4 is 10.0 Å². The van der Waals surface area contributed by atoms with Gasteiger partial charge in [-0.25, -0.2) is 32.0 Å². The van der Waals surface area contributed by atoms with Crippen LogP contribution in [-0.2, 0) is 21.2 Å². The largest absolute Gasteiger partial charge is 0.444 e. The molecule has 0 spiro atoms. The Labute approximate surface area is 260 Å². The van der Waals surface area contributed by atoms with Gasteiger partial charge in [0.2, 0.25) is 10.0 Å². The zero-order chi connectivity index (χ0) is 33.3. The highest BCUT2D eigenvalue weighted by atomic mass is 32.2. The number of amides is 1. The Morgan fingerprint density at radius 1 is 1.07 bits per heavy atom. The first kappa shape index (κ1) is 33.4. The molecule has 1 aromatic carbocycles. The van der Waals surface area contributed by atoms with Crippen LogP contribution in [-0.4, -0.2) is 51.4 Å². The molecule has 3 N–H and O–H groups in total. The first-order valence-electron chi connectivity index (χ1n) is 14.0. The fourth-order valence-corrected chi connectivity index (χ4v) is 5.15. The molecular formula is C32H35F2N5O5S. The number of nitrogens with one attached hydrogen (secondary N) is 2. The number of sulfonamides is 1. The third kappa shape index (κ3) is 8.99. The summed E-state index contributed by atoms with van der Waals surface area (Å²) in [5, 5.41) is 13.0. The molecule has 0 saturated carbocycles. The van der Waals surface area contributed by atoms with Crippen molar-refractivity contribution in [2.24, 2.45) is 0 Å². The molecule has 0 aliphatic rings. The number of ether oxygens (including phenoxy) is 1. The fraction of sp³-hybridized carbons (Fsp3) is 0.344. The second-order valence-corrected chi connectivity index (χ2v) is 13.9. The maximum atomic E-state index is 14.3. The Bertz CT molecular complexity index is 1910.